The third-order valence-electron chi connectivity index (χ3n) is 4.44. The maximum absolute atomic E-state index is 13.2. The molecule has 2 aromatic carbocycles. The summed E-state index contributed by atoms with van der Waals surface area (Å²) < 4.78 is 32.7. The van der Waals surface area contributed by atoms with Gasteiger partial charge in [0.05, 0.1) is 17.7 Å². The maximum atomic E-state index is 13.2. The van der Waals surface area contributed by atoms with Gasteiger partial charge in [-0.1, -0.05) is 29.3 Å². The lowest BCUT2D eigenvalue weighted by molar-refractivity contribution is -0.116. The van der Waals surface area contributed by atoms with Crippen LogP contribution in [0.3, 0.4) is 0 Å². The van der Waals surface area contributed by atoms with Crippen LogP contribution in [0.5, 0.6) is 5.75 Å². The van der Waals surface area contributed by atoms with Gasteiger partial charge in [-0.15, -0.1) is 11.8 Å². The molecule has 0 saturated carbocycles. The Labute approximate surface area is 189 Å². The average Bonchev–Trinajstić information content (AvgIpc) is 3.04. The van der Waals surface area contributed by atoms with E-state index in [1.165, 1.54) is 23.9 Å². The molecule has 1 aromatic heterocycles. The Hall–Kier alpha value is -2.69. The van der Waals surface area contributed by atoms with Crippen LogP contribution in [0.2, 0.25) is 5.02 Å². The number of hydrogen-bond donors (Lipinski definition) is 2. The molecular weight excluding hydrogens is 460 g/mol. The summed E-state index contributed by atoms with van der Waals surface area (Å²) in [5.74, 6) is -0.154. The van der Waals surface area contributed by atoms with Crippen LogP contribution >= 0.6 is 23.4 Å². The summed E-state index contributed by atoms with van der Waals surface area (Å²) in [4.78, 5) is 12.6. The van der Waals surface area contributed by atoms with Crippen LogP contribution in [0.25, 0.3) is 0 Å². The van der Waals surface area contributed by atoms with E-state index >= 15 is 0 Å². The summed E-state index contributed by atoms with van der Waals surface area (Å²) >= 11 is 7.12. The zero-order chi connectivity index (χ0) is 22.8. The molecule has 1 amide bonds. The first-order valence-corrected chi connectivity index (χ1v) is 12.1. The second-order valence-electron chi connectivity index (χ2n) is 6.59. The summed E-state index contributed by atoms with van der Waals surface area (Å²) in [6.45, 7) is 1.57. The van der Waals surface area contributed by atoms with E-state index in [1.807, 2.05) is 6.92 Å². The number of aromatic nitrogens is 2. The number of ether oxygens (including phenoxy) is 1. The largest absolute Gasteiger partial charge is 0.495 e. The molecule has 1 heterocycles. The smallest absolute Gasteiger partial charge is 0.246 e. The maximum Gasteiger partial charge on any atom is 0.246 e. The van der Waals surface area contributed by atoms with Crippen molar-refractivity contribution in [1.29, 1.82) is 0 Å². The van der Waals surface area contributed by atoms with Crippen LogP contribution < -0.4 is 15.8 Å². The Morgan fingerprint density at radius 2 is 1.94 bits per heavy atom. The van der Waals surface area contributed by atoms with Crippen LogP contribution in [-0.2, 0) is 21.2 Å². The van der Waals surface area contributed by atoms with Crippen molar-refractivity contribution in [3.05, 3.63) is 53.1 Å². The van der Waals surface area contributed by atoms with Crippen LogP contribution in [0.4, 0.5) is 11.5 Å². The molecule has 0 spiro atoms. The molecule has 0 aliphatic heterocycles. The van der Waals surface area contributed by atoms with Gasteiger partial charge >= 0.3 is 0 Å². The van der Waals surface area contributed by atoms with E-state index in [-0.39, 0.29) is 27.2 Å². The fourth-order valence-corrected chi connectivity index (χ4v) is 5.48. The number of carbonyl (C=O) groups is 1. The van der Waals surface area contributed by atoms with Crippen molar-refractivity contribution < 1.29 is 17.9 Å². The molecule has 11 heteroatoms. The molecule has 0 atom stereocenters. The molecule has 31 heavy (non-hydrogen) atoms. The first-order chi connectivity index (χ1) is 14.7. The van der Waals surface area contributed by atoms with Crippen LogP contribution in [0.1, 0.15) is 5.56 Å². The number of nitrogens with one attached hydrogen (secondary N) is 1. The summed E-state index contributed by atoms with van der Waals surface area (Å²) in [6.07, 6.45) is 1.69. The molecule has 0 saturated heterocycles. The topological polar surface area (TPSA) is 116 Å². The number of sulfone groups is 1. The molecule has 8 nitrogen and oxygen atoms in total. The second kappa shape index (κ2) is 9.21. The minimum atomic E-state index is -3.92. The van der Waals surface area contributed by atoms with Gasteiger partial charge in [0.25, 0.3) is 0 Å². The van der Waals surface area contributed by atoms with Crippen molar-refractivity contribution in [2.24, 2.45) is 0 Å². The van der Waals surface area contributed by atoms with Gasteiger partial charge in [-0.25, -0.2) is 13.1 Å². The number of rotatable bonds is 7. The van der Waals surface area contributed by atoms with Gasteiger partial charge < -0.3 is 15.8 Å². The zero-order valence-corrected chi connectivity index (χ0v) is 19.4. The highest BCUT2D eigenvalue weighted by Crippen LogP contribution is 2.34. The number of aryl methyl sites for hydroxylation is 1. The van der Waals surface area contributed by atoms with E-state index in [4.69, 9.17) is 22.1 Å². The zero-order valence-electron chi connectivity index (χ0n) is 17.0. The van der Waals surface area contributed by atoms with E-state index in [1.54, 1.807) is 36.6 Å². The van der Waals surface area contributed by atoms with Crippen LogP contribution in [0.15, 0.2) is 57.3 Å². The number of nitrogens with zero attached hydrogens (tertiary/aromatic N) is 2. The quantitative estimate of drug-likeness (QED) is 0.496. The number of hydrogen-bond acceptors (Lipinski definition) is 7. The van der Waals surface area contributed by atoms with Gasteiger partial charge in [0.1, 0.15) is 28.0 Å². The number of anilines is 2. The SMILES string of the molecule is COc1ccc(Cl)cc1NC(=O)Cn1nc(SC)c(S(=O)(=O)c2ccc(C)cc2)c1N. The van der Waals surface area contributed by atoms with Crippen molar-refractivity contribution >= 4 is 50.6 Å². The van der Waals surface area contributed by atoms with E-state index in [0.29, 0.717) is 16.5 Å². The van der Waals surface area contributed by atoms with Gasteiger partial charge in [0, 0.05) is 5.02 Å². The lowest BCUT2D eigenvalue weighted by Gasteiger charge is -2.11. The van der Waals surface area contributed by atoms with Gasteiger partial charge in [0.2, 0.25) is 15.7 Å². The van der Waals surface area contributed by atoms with Crippen molar-refractivity contribution in [2.45, 2.75) is 28.3 Å². The number of nitrogen functional groups attached to an aromatic ring is 1. The Morgan fingerprint density at radius 3 is 2.55 bits per heavy atom. The Morgan fingerprint density at radius 1 is 1.26 bits per heavy atom. The predicted octanol–water partition coefficient (Wildman–Crippen LogP) is 3.63. The van der Waals surface area contributed by atoms with E-state index < -0.39 is 15.7 Å². The predicted molar refractivity (Wildman–Crippen MR) is 122 cm³/mol. The Kier molecular flexibility index (Phi) is 6.83. The molecular formula is C20H21ClN4O4S2. The average molecular weight is 481 g/mol. The summed E-state index contributed by atoms with van der Waals surface area (Å²) in [6, 6.07) is 11.3. The normalized spacial score (nSPS) is 11.4. The van der Waals surface area contributed by atoms with E-state index in [2.05, 4.69) is 10.4 Å². The monoisotopic (exact) mass is 480 g/mol. The third-order valence-corrected chi connectivity index (χ3v) is 7.31. The first kappa shape index (κ1) is 23.0. The van der Waals surface area contributed by atoms with Gasteiger partial charge in [-0.3, -0.25) is 4.79 Å². The van der Waals surface area contributed by atoms with Crippen molar-refractivity contribution in [2.75, 3.05) is 24.4 Å². The van der Waals surface area contributed by atoms with Gasteiger partial charge in [0.15, 0.2) is 0 Å². The molecule has 3 rings (SSSR count). The van der Waals surface area contributed by atoms with Crippen molar-refractivity contribution in [1.82, 2.24) is 9.78 Å². The van der Waals surface area contributed by atoms with Gasteiger partial charge in [-0.05, 0) is 43.5 Å². The Bertz CT molecular complexity index is 1220. The minimum Gasteiger partial charge on any atom is -0.495 e. The van der Waals surface area contributed by atoms with Crippen LogP contribution in [-0.4, -0.2) is 37.5 Å². The van der Waals surface area contributed by atoms with Crippen LogP contribution in [0, 0.1) is 6.92 Å². The fraction of sp³-hybridized carbons (Fsp3) is 0.200. The van der Waals surface area contributed by atoms with E-state index in [0.717, 1.165) is 17.3 Å². The first-order valence-electron chi connectivity index (χ1n) is 9.02. The number of nitrogens with two attached hydrogens (primary N) is 1. The number of carbonyl (C=O) groups excluding carboxylic acids is 1. The number of halogens is 1. The molecule has 0 radical (unpaired) electrons. The molecule has 0 fully saturated rings. The number of thioether (sulfide) groups is 1. The van der Waals surface area contributed by atoms with E-state index in [9.17, 15) is 13.2 Å². The lowest BCUT2D eigenvalue weighted by atomic mass is 10.2. The summed E-state index contributed by atoms with van der Waals surface area (Å²) in [7, 11) is -2.45. The van der Waals surface area contributed by atoms with Crippen molar-refractivity contribution in [3.63, 3.8) is 0 Å². The molecule has 0 unspecified atom stereocenters. The van der Waals surface area contributed by atoms with Crippen molar-refractivity contribution in [3.8, 4) is 5.75 Å². The minimum absolute atomic E-state index is 0.104. The molecule has 3 aromatic rings. The fourth-order valence-electron chi connectivity index (χ4n) is 2.88. The third kappa shape index (κ3) is 4.81. The highest BCUT2D eigenvalue weighted by Gasteiger charge is 2.29. The van der Waals surface area contributed by atoms with Gasteiger partial charge in [-0.2, -0.15) is 5.10 Å². The highest BCUT2D eigenvalue weighted by atomic mass is 35.5. The standard InChI is InChI=1S/C20H21ClN4O4S2/c1-12-4-7-14(8-5-12)31(27,28)18-19(22)25(24-20(18)30-3)11-17(26)23-15-10-13(21)6-9-16(15)29-2/h4-10H,11,22H2,1-3H3,(H,23,26). The lowest BCUT2D eigenvalue weighted by Crippen LogP contribution is -2.21. The molecule has 0 aliphatic rings. The highest BCUT2D eigenvalue weighted by molar-refractivity contribution is 7.99. The molecule has 3 N–H and O–H groups in total. The number of benzene rings is 2. The molecule has 0 aliphatic carbocycles. The summed E-state index contributed by atoms with van der Waals surface area (Å²) in [5.41, 5.74) is 7.45. The Balaban J connectivity index is 1.92. The second-order valence-corrected chi connectivity index (χ2v) is 9.71. The number of amides is 1. The molecule has 0 bridgehead atoms. The molecule has 164 valence electrons. The summed E-state index contributed by atoms with van der Waals surface area (Å²) in [5, 5.41) is 7.55. The number of methoxy groups -OCH3 is 1.